The van der Waals surface area contributed by atoms with Gasteiger partial charge in [-0.3, -0.25) is 4.79 Å². The summed E-state index contributed by atoms with van der Waals surface area (Å²) in [6, 6.07) is 8.39. The van der Waals surface area contributed by atoms with Crippen molar-refractivity contribution in [3.63, 3.8) is 0 Å². The van der Waals surface area contributed by atoms with Crippen molar-refractivity contribution in [1.29, 1.82) is 0 Å². The molecule has 2 rings (SSSR count). The SMILES string of the molecule is CN(C)c1ccc(C2CC(C(=O)O)C2)cc1. The van der Waals surface area contributed by atoms with Crippen molar-refractivity contribution >= 4 is 11.7 Å². The van der Waals surface area contributed by atoms with Gasteiger partial charge in [0.2, 0.25) is 0 Å². The van der Waals surface area contributed by atoms with E-state index in [1.54, 1.807) is 0 Å². The maximum atomic E-state index is 10.7. The second-order valence-corrected chi connectivity index (χ2v) is 4.69. The predicted molar refractivity (Wildman–Crippen MR) is 63.9 cm³/mol. The van der Waals surface area contributed by atoms with Crippen LogP contribution < -0.4 is 4.90 Å². The van der Waals surface area contributed by atoms with Crippen LogP contribution >= 0.6 is 0 Å². The Hall–Kier alpha value is -1.51. The molecule has 1 saturated carbocycles. The van der Waals surface area contributed by atoms with Crippen LogP contribution in [0.15, 0.2) is 24.3 Å². The van der Waals surface area contributed by atoms with Crippen LogP contribution in [0.25, 0.3) is 0 Å². The van der Waals surface area contributed by atoms with E-state index in [1.807, 2.05) is 14.1 Å². The van der Waals surface area contributed by atoms with Gasteiger partial charge in [-0.05, 0) is 36.5 Å². The molecule has 0 aromatic heterocycles. The summed E-state index contributed by atoms with van der Waals surface area (Å²) < 4.78 is 0. The highest BCUT2D eigenvalue weighted by Crippen LogP contribution is 2.41. The first kappa shape index (κ1) is 11.0. The number of benzene rings is 1. The predicted octanol–water partition coefficient (Wildman–Crippen LogP) is 2.33. The molecule has 3 nitrogen and oxygen atoms in total. The number of carbonyl (C=O) groups is 1. The van der Waals surface area contributed by atoms with E-state index in [0.29, 0.717) is 5.92 Å². The van der Waals surface area contributed by atoms with E-state index >= 15 is 0 Å². The highest BCUT2D eigenvalue weighted by atomic mass is 16.4. The molecule has 16 heavy (non-hydrogen) atoms. The molecule has 0 saturated heterocycles. The lowest BCUT2D eigenvalue weighted by Crippen LogP contribution is -2.28. The van der Waals surface area contributed by atoms with Crippen molar-refractivity contribution in [1.82, 2.24) is 0 Å². The van der Waals surface area contributed by atoms with E-state index in [4.69, 9.17) is 5.11 Å². The van der Waals surface area contributed by atoms with Crippen LogP contribution in [-0.4, -0.2) is 25.2 Å². The summed E-state index contributed by atoms with van der Waals surface area (Å²) in [6.07, 6.45) is 1.58. The summed E-state index contributed by atoms with van der Waals surface area (Å²) in [4.78, 5) is 12.8. The third-order valence-electron chi connectivity index (χ3n) is 3.37. The molecule has 0 heterocycles. The molecule has 3 heteroatoms. The van der Waals surface area contributed by atoms with Crippen LogP contribution in [-0.2, 0) is 4.79 Å². The minimum atomic E-state index is -0.652. The largest absolute Gasteiger partial charge is 0.481 e. The van der Waals surface area contributed by atoms with Crippen molar-refractivity contribution in [2.24, 2.45) is 5.92 Å². The van der Waals surface area contributed by atoms with E-state index in [9.17, 15) is 4.79 Å². The van der Waals surface area contributed by atoms with Gasteiger partial charge in [-0.2, -0.15) is 0 Å². The van der Waals surface area contributed by atoms with Crippen LogP contribution in [0.5, 0.6) is 0 Å². The third-order valence-corrected chi connectivity index (χ3v) is 3.37. The lowest BCUT2D eigenvalue weighted by Gasteiger charge is -2.32. The zero-order valence-corrected chi connectivity index (χ0v) is 9.68. The van der Waals surface area contributed by atoms with Crippen LogP contribution in [0.2, 0.25) is 0 Å². The first-order valence-corrected chi connectivity index (χ1v) is 5.58. The molecular formula is C13H17NO2. The molecule has 1 aromatic rings. The molecule has 1 fully saturated rings. The summed E-state index contributed by atoms with van der Waals surface area (Å²) in [7, 11) is 4.03. The molecule has 1 N–H and O–H groups in total. The summed E-state index contributed by atoms with van der Waals surface area (Å²) >= 11 is 0. The summed E-state index contributed by atoms with van der Waals surface area (Å²) in [5, 5.41) is 8.81. The number of anilines is 1. The number of carboxylic acids is 1. The first-order chi connectivity index (χ1) is 7.58. The smallest absolute Gasteiger partial charge is 0.306 e. The van der Waals surface area contributed by atoms with Crippen LogP contribution in [0.1, 0.15) is 24.3 Å². The number of hydrogen-bond donors (Lipinski definition) is 1. The summed E-state index contributed by atoms with van der Waals surface area (Å²) in [5.74, 6) is -0.336. The molecule has 0 bridgehead atoms. The Bertz CT molecular complexity index is 377. The lowest BCUT2D eigenvalue weighted by molar-refractivity contribution is -0.145. The van der Waals surface area contributed by atoms with Crippen LogP contribution in [0, 0.1) is 5.92 Å². The van der Waals surface area contributed by atoms with Gasteiger partial charge >= 0.3 is 5.97 Å². The Kier molecular flexibility index (Phi) is 2.86. The zero-order chi connectivity index (χ0) is 11.7. The van der Waals surface area contributed by atoms with Crippen molar-refractivity contribution in [2.45, 2.75) is 18.8 Å². The Balaban J connectivity index is 1.99. The number of nitrogens with zero attached hydrogens (tertiary/aromatic N) is 1. The van der Waals surface area contributed by atoms with Gasteiger partial charge in [0, 0.05) is 19.8 Å². The molecule has 0 amide bonds. The van der Waals surface area contributed by atoms with E-state index in [-0.39, 0.29) is 5.92 Å². The van der Waals surface area contributed by atoms with Gasteiger partial charge in [0.15, 0.2) is 0 Å². The molecule has 1 aliphatic rings. The van der Waals surface area contributed by atoms with E-state index in [0.717, 1.165) is 12.8 Å². The van der Waals surface area contributed by atoms with Gasteiger partial charge in [-0.15, -0.1) is 0 Å². The number of aliphatic carboxylic acids is 1. The molecule has 1 aromatic carbocycles. The molecule has 0 aliphatic heterocycles. The third kappa shape index (κ3) is 2.03. The fourth-order valence-corrected chi connectivity index (χ4v) is 2.14. The lowest BCUT2D eigenvalue weighted by atomic mass is 9.71. The second kappa shape index (κ2) is 4.16. The molecule has 86 valence electrons. The maximum absolute atomic E-state index is 10.7. The molecule has 0 unspecified atom stereocenters. The Morgan fingerprint density at radius 3 is 2.25 bits per heavy atom. The molecule has 0 radical (unpaired) electrons. The maximum Gasteiger partial charge on any atom is 0.306 e. The average molecular weight is 219 g/mol. The van der Waals surface area contributed by atoms with E-state index in [2.05, 4.69) is 29.2 Å². The zero-order valence-electron chi connectivity index (χ0n) is 9.68. The van der Waals surface area contributed by atoms with Crippen molar-refractivity contribution in [3.8, 4) is 0 Å². The van der Waals surface area contributed by atoms with Gasteiger partial charge in [0.1, 0.15) is 0 Å². The van der Waals surface area contributed by atoms with Crippen LogP contribution in [0.4, 0.5) is 5.69 Å². The minimum Gasteiger partial charge on any atom is -0.481 e. The van der Waals surface area contributed by atoms with Gasteiger partial charge in [0.25, 0.3) is 0 Å². The van der Waals surface area contributed by atoms with Crippen molar-refractivity contribution < 1.29 is 9.90 Å². The van der Waals surface area contributed by atoms with E-state index < -0.39 is 5.97 Å². The fourth-order valence-electron chi connectivity index (χ4n) is 2.14. The normalized spacial score (nSPS) is 23.6. The minimum absolute atomic E-state index is 0.126. The van der Waals surface area contributed by atoms with Gasteiger partial charge in [-0.25, -0.2) is 0 Å². The van der Waals surface area contributed by atoms with Crippen molar-refractivity contribution in [3.05, 3.63) is 29.8 Å². The Labute approximate surface area is 95.7 Å². The van der Waals surface area contributed by atoms with Crippen molar-refractivity contribution in [2.75, 3.05) is 19.0 Å². The molecule has 1 aliphatic carbocycles. The topological polar surface area (TPSA) is 40.5 Å². The number of rotatable bonds is 3. The monoisotopic (exact) mass is 219 g/mol. The molecular weight excluding hydrogens is 202 g/mol. The Morgan fingerprint density at radius 1 is 1.25 bits per heavy atom. The fraction of sp³-hybridized carbons (Fsp3) is 0.462. The quantitative estimate of drug-likeness (QED) is 0.848. The highest BCUT2D eigenvalue weighted by Gasteiger charge is 2.35. The summed E-state index contributed by atoms with van der Waals surface area (Å²) in [5.41, 5.74) is 2.45. The van der Waals surface area contributed by atoms with Crippen LogP contribution in [0.3, 0.4) is 0 Å². The number of carboxylic acid groups (broad SMARTS) is 1. The highest BCUT2D eigenvalue weighted by molar-refractivity contribution is 5.71. The standard InChI is InChI=1S/C13H17NO2/c1-14(2)12-5-3-9(4-6-12)10-7-11(8-10)13(15)16/h3-6,10-11H,7-8H2,1-2H3,(H,15,16). The summed E-state index contributed by atoms with van der Waals surface area (Å²) in [6.45, 7) is 0. The van der Waals surface area contributed by atoms with Gasteiger partial charge in [0.05, 0.1) is 5.92 Å². The van der Waals surface area contributed by atoms with Gasteiger partial charge in [-0.1, -0.05) is 12.1 Å². The first-order valence-electron chi connectivity index (χ1n) is 5.58. The van der Waals surface area contributed by atoms with E-state index in [1.165, 1.54) is 11.3 Å². The Morgan fingerprint density at radius 2 is 1.81 bits per heavy atom. The van der Waals surface area contributed by atoms with Gasteiger partial charge < -0.3 is 10.0 Å². The molecule has 0 spiro atoms. The average Bonchev–Trinajstić information content (AvgIpc) is 2.15. The number of hydrogen-bond acceptors (Lipinski definition) is 2. The second-order valence-electron chi connectivity index (χ2n) is 4.69. The molecule has 0 atom stereocenters.